The summed E-state index contributed by atoms with van der Waals surface area (Å²) in [5.41, 5.74) is 0.109. The fraction of sp³-hybridized carbons (Fsp3) is 0.389. The number of likely N-dealkylation sites (tertiary alicyclic amines) is 1. The molecular weight excluding hydrogens is 361 g/mol. The molecule has 1 aromatic heterocycles. The summed E-state index contributed by atoms with van der Waals surface area (Å²) >= 11 is 0. The van der Waals surface area contributed by atoms with Crippen molar-refractivity contribution in [2.24, 2.45) is 0 Å². The lowest BCUT2D eigenvalue weighted by Crippen LogP contribution is -2.43. The van der Waals surface area contributed by atoms with Crippen molar-refractivity contribution < 1.29 is 22.7 Å². The Morgan fingerprint density at radius 2 is 1.93 bits per heavy atom. The first-order valence-corrected chi connectivity index (χ1v) is 8.51. The molecule has 1 aliphatic rings. The van der Waals surface area contributed by atoms with Crippen LogP contribution in [0.15, 0.2) is 36.4 Å². The highest BCUT2D eigenvalue weighted by Gasteiger charge is 2.31. The monoisotopic (exact) mass is 380 g/mol. The predicted molar refractivity (Wildman–Crippen MR) is 92.5 cm³/mol. The van der Waals surface area contributed by atoms with E-state index in [4.69, 9.17) is 4.74 Å². The van der Waals surface area contributed by atoms with E-state index in [9.17, 15) is 18.0 Å². The van der Waals surface area contributed by atoms with E-state index in [1.54, 1.807) is 17.0 Å². The molecule has 2 amide bonds. The van der Waals surface area contributed by atoms with Gasteiger partial charge in [-0.05, 0) is 31.2 Å². The number of nitrogens with zero attached hydrogens (tertiary/aromatic N) is 3. The van der Waals surface area contributed by atoms with Crippen LogP contribution >= 0.6 is 0 Å². The second-order valence-corrected chi connectivity index (χ2v) is 6.33. The highest BCUT2D eigenvalue weighted by Crippen LogP contribution is 2.30. The number of benzene rings is 1. The van der Waals surface area contributed by atoms with Gasteiger partial charge < -0.3 is 15.0 Å². The molecule has 2 aromatic rings. The molecule has 1 aromatic carbocycles. The van der Waals surface area contributed by atoms with Crippen molar-refractivity contribution in [3.8, 4) is 5.88 Å². The molecule has 1 fully saturated rings. The maximum Gasteiger partial charge on any atom is 0.416 e. The second-order valence-electron chi connectivity index (χ2n) is 6.33. The Kier molecular flexibility index (Phi) is 5.48. The topological polar surface area (TPSA) is 67.3 Å². The van der Waals surface area contributed by atoms with E-state index in [1.807, 2.05) is 6.92 Å². The lowest BCUT2D eigenvalue weighted by atomic mass is 10.1. The minimum atomic E-state index is -4.45. The van der Waals surface area contributed by atoms with E-state index in [1.165, 1.54) is 12.1 Å². The second kappa shape index (κ2) is 7.81. The Balaban J connectivity index is 1.52. The van der Waals surface area contributed by atoms with Crippen LogP contribution in [0.3, 0.4) is 0 Å². The maximum absolute atomic E-state index is 12.8. The van der Waals surface area contributed by atoms with E-state index in [0.717, 1.165) is 17.8 Å². The average Bonchev–Trinajstić information content (AvgIpc) is 2.64. The third kappa shape index (κ3) is 5.08. The van der Waals surface area contributed by atoms with Crippen molar-refractivity contribution in [2.75, 3.05) is 18.4 Å². The van der Waals surface area contributed by atoms with Crippen LogP contribution in [0.2, 0.25) is 0 Å². The van der Waals surface area contributed by atoms with Crippen molar-refractivity contribution >= 4 is 11.7 Å². The van der Waals surface area contributed by atoms with Gasteiger partial charge in [-0.2, -0.15) is 18.3 Å². The van der Waals surface area contributed by atoms with Gasteiger partial charge >= 0.3 is 12.2 Å². The molecule has 0 saturated carbocycles. The zero-order valence-electron chi connectivity index (χ0n) is 14.7. The molecule has 144 valence electrons. The number of rotatable bonds is 3. The van der Waals surface area contributed by atoms with Crippen molar-refractivity contribution in [2.45, 2.75) is 32.0 Å². The van der Waals surface area contributed by atoms with Gasteiger partial charge in [0.1, 0.15) is 6.10 Å². The van der Waals surface area contributed by atoms with Crippen LogP contribution in [-0.2, 0) is 6.18 Å². The third-order valence-electron chi connectivity index (χ3n) is 4.23. The number of aryl methyl sites for hydroxylation is 1. The summed E-state index contributed by atoms with van der Waals surface area (Å²) in [6, 6.07) is 7.70. The molecule has 9 heteroatoms. The molecule has 2 heterocycles. The first-order chi connectivity index (χ1) is 12.8. The number of hydrogen-bond donors (Lipinski definition) is 1. The summed E-state index contributed by atoms with van der Waals surface area (Å²) < 4.78 is 44.0. The van der Waals surface area contributed by atoms with Crippen LogP contribution in [0, 0.1) is 6.92 Å². The minimum absolute atomic E-state index is 0.0837. The molecule has 0 bridgehead atoms. The van der Waals surface area contributed by atoms with Gasteiger partial charge in [0.15, 0.2) is 0 Å². The number of halogens is 3. The van der Waals surface area contributed by atoms with Gasteiger partial charge in [-0.1, -0.05) is 6.07 Å². The van der Waals surface area contributed by atoms with E-state index < -0.39 is 17.8 Å². The zero-order valence-corrected chi connectivity index (χ0v) is 14.7. The molecule has 1 N–H and O–H groups in total. The Morgan fingerprint density at radius 1 is 1.19 bits per heavy atom. The molecule has 0 atom stereocenters. The molecule has 27 heavy (non-hydrogen) atoms. The Morgan fingerprint density at radius 3 is 2.56 bits per heavy atom. The fourth-order valence-corrected chi connectivity index (χ4v) is 2.77. The largest absolute Gasteiger partial charge is 0.473 e. The molecule has 1 aliphatic heterocycles. The SMILES string of the molecule is Cc1ccc(OC2CCN(C(=O)Nc3cccc(C(F)(F)F)c3)CC2)nn1. The third-order valence-corrected chi connectivity index (χ3v) is 4.23. The molecule has 3 rings (SSSR count). The van der Waals surface area contributed by atoms with E-state index in [0.29, 0.717) is 31.8 Å². The van der Waals surface area contributed by atoms with Crippen LogP contribution in [-0.4, -0.2) is 40.3 Å². The Hall–Kier alpha value is -2.84. The van der Waals surface area contributed by atoms with Gasteiger partial charge in [0.25, 0.3) is 0 Å². The standard InChI is InChI=1S/C18H19F3N4O2/c1-12-5-6-16(24-23-12)27-15-7-9-25(10-8-15)17(26)22-14-4-2-3-13(11-14)18(19,20)21/h2-6,11,15H,7-10H2,1H3,(H,22,26). The van der Waals surface area contributed by atoms with E-state index in [2.05, 4.69) is 15.5 Å². The predicted octanol–water partition coefficient (Wildman–Crippen LogP) is 3.88. The van der Waals surface area contributed by atoms with Crippen molar-refractivity contribution in [1.29, 1.82) is 0 Å². The zero-order chi connectivity index (χ0) is 19.4. The fourth-order valence-electron chi connectivity index (χ4n) is 2.77. The summed E-state index contributed by atoms with van der Waals surface area (Å²) in [6.45, 7) is 2.71. The Labute approximate surface area is 154 Å². The summed E-state index contributed by atoms with van der Waals surface area (Å²) in [5.74, 6) is 0.437. The normalized spacial score (nSPS) is 15.5. The number of nitrogens with one attached hydrogen (secondary N) is 1. The van der Waals surface area contributed by atoms with Gasteiger partial charge in [0, 0.05) is 37.7 Å². The molecule has 0 spiro atoms. The Bertz CT molecular complexity index is 788. The number of ether oxygens (including phenoxy) is 1. The molecular formula is C18H19F3N4O2. The van der Waals surface area contributed by atoms with Gasteiger partial charge in [0.05, 0.1) is 11.3 Å². The van der Waals surface area contributed by atoms with Crippen LogP contribution in [0.25, 0.3) is 0 Å². The molecule has 1 saturated heterocycles. The maximum atomic E-state index is 12.8. The van der Waals surface area contributed by atoms with Crippen LogP contribution in [0.4, 0.5) is 23.7 Å². The lowest BCUT2D eigenvalue weighted by Gasteiger charge is -2.31. The highest BCUT2D eigenvalue weighted by atomic mass is 19.4. The van der Waals surface area contributed by atoms with Gasteiger partial charge in [0.2, 0.25) is 5.88 Å². The molecule has 0 aliphatic carbocycles. The van der Waals surface area contributed by atoms with Crippen molar-refractivity contribution in [1.82, 2.24) is 15.1 Å². The average molecular weight is 380 g/mol. The highest BCUT2D eigenvalue weighted by molar-refractivity contribution is 5.89. The number of anilines is 1. The van der Waals surface area contributed by atoms with Crippen LogP contribution in [0.1, 0.15) is 24.1 Å². The minimum Gasteiger partial charge on any atom is -0.473 e. The van der Waals surface area contributed by atoms with Gasteiger partial charge in [-0.3, -0.25) is 0 Å². The van der Waals surface area contributed by atoms with Crippen molar-refractivity contribution in [3.05, 3.63) is 47.7 Å². The number of carbonyl (C=O) groups is 1. The number of hydrogen-bond acceptors (Lipinski definition) is 4. The first-order valence-electron chi connectivity index (χ1n) is 8.51. The van der Waals surface area contributed by atoms with Crippen LogP contribution in [0.5, 0.6) is 5.88 Å². The number of alkyl halides is 3. The lowest BCUT2D eigenvalue weighted by molar-refractivity contribution is -0.137. The number of carbonyl (C=O) groups excluding carboxylic acids is 1. The number of amides is 2. The van der Waals surface area contributed by atoms with Crippen LogP contribution < -0.4 is 10.1 Å². The summed E-state index contributed by atoms with van der Waals surface area (Å²) in [6.07, 6.45) is -3.33. The smallest absolute Gasteiger partial charge is 0.416 e. The molecule has 0 unspecified atom stereocenters. The number of aromatic nitrogens is 2. The quantitative estimate of drug-likeness (QED) is 0.878. The first kappa shape index (κ1) is 18.9. The van der Waals surface area contributed by atoms with Gasteiger partial charge in [-0.15, -0.1) is 5.10 Å². The number of piperidine rings is 1. The summed E-state index contributed by atoms with van der Waals surface area (Å²) in [5, 5.41) is 10.4. The van der Waals surface area contributed by atoms with Gasteiger partial charge in [-0.25, -0.2) is 4.79 Å². The number of urea groups is 1. The molecule has 0 radical (unpaired) electrons. The van der Waals surface area contributed by atoms with Crippen molar-refractivity contribution in [3.63, 3.8) is 0 Å². The summed E-state index contributed by atoms with van der Waals surface area (Å²) in [7, 11) is 0. The van der Waals surface area contributed by atoms with E-state index >= 15 is 0 Å². The van der Waals surface area contributed by atoms with E-state index in [-0.39, 0.29) is 11.8 Å². The summed E-state index contributed by atoms with van der Waals surface area (Å²) in [4.78, 5) is 13.9. The molecule has 6 nitrogen and oxygen atoms in total.